The van der Waals surface area contributed by atoms with Gasteiger partial charge in [-0.15, -0.1) is 0 Å². The number of hydrogen-bond donors (Lipinski definition) is 1. The molecule has 0 bridgehead atoms. The number of aromatic carboxylic acids is 1. The van der Waals surface area contributed by atoms with Crippen molar-refractivity contribution in [1.82, 2.24) is 0 Å². The zero-order valence-corrected chi connectivity index (χ0v) is 31.0. The summed E-state index contributed by atoms with van der Waals surface area (Å²) in [7, 11) is 0. The van der Waals surface area contributed by atoms with Crippen molar-refractivity contribution in [3.63, 3.8) is 0 Å². The summed E-state index contributed by atoms with van der Waals surface area (Å²) in [6.07, 6.45) is 18.3. The summed E-state index contributed by atoms with van der Waals surface area (Å²) in [6, 6.07) is 2.17. The van der Waals surface area contributed by atoms with Crippen molar-refractivity contribution in [2.75, 3.05) is 19.8 Å². The maximum atomic E-state index is 13.3. The fourth-order valence-electron chi connectivity index (χ4n) is 5.57. The number of unbranched alkanes of at least 4 members (excludes halogenated alkanes) is 12. The van der Waals surface area contributed by atoms with Gasteiger partial charge in [-0.05, 0) is 49.1 Å². The smallest absolute Gasteiger partial charge is 0.339 e. The van der Waals surface area contributed by atoms with E-state index in [2.05, 4.69) is 41.5 Å². The van der Waals surface area contributed by atoms with Gasteiger partial charge >= 0.3 is 23.9 Å². The van der Waals surface area contributed by atoms with E-state index in [4.69, 9.17) is 14.2 Å². The second-order valence-electron chi connectivity index (χ2n) is 14.5. The predicted octanol–water partition coefficient (Wildman–Crippen LogP) is 10.8. The van der Waals surface area contributed by atoms with Crippen LogP contribution in [0.2, 0.25) is 0 Å². The minimum atomic E-state index is -1.40. The molecule has 0 aromatic heterocycles. The quantitative estimate of drug-likeness (QED) is 0.0530. The van der Waals surface area contributed by atoms with Gasteiger partial charge in [0.05, 0.1) is 42.1 Å². The topological polar surface area (TPSA) is 116 Å². The molecule has 0 heterocycles. The summed E-state index contributed by atoms with van der Waals surface area (Å²) in [4.78, 5) is 51.7. The molecule has 1 rings (SSSR count). The van der Waals surface area contributed by atoms with Crippen molar-refractivity contribution in [3.8, 4) is 0 Å². The van der Waals surface area contributed by atoms with Gasteiger partial charge in [-0.1, -0.05) is 138 Å². The van der Waals surface area contributed by atoms with Gasteiger partial charge in [-0.2, -0.15) is 0 Å². The van der Waals surface area contributed by atoms with E-state index >= 15 is 0 Å². The fraction of sp³-hybridized carbons (Fsp3) is 0.750. The number of hydrogen-bond acceptors (Lipinski definition) is 7. The molecule has 48 heavy (non-hydrogen) atoms. The first-order valence-electron chi connectivity index (χ1n) is 18.9. The first-order chi connectivity index (χ1) is 22.9. The van der Waals surface area contributed by atoms with E-state index < -0.39 is 29.4 Å². The molecule has 0 spiro atoms. The van der Waals surface area contributed by atoms with Crippen molar-refractivity contribution < 1.29 is 38.5 Å². The highest BCUT2D eigenvalue weighted by atomic mass is 16.5. The van der Waals surface area contributed by atoms with Crippen molar-refractivity contribution in [2.45, 2.75) is 157 Å². The number of carbonyl (C=O) groups is 4. The molecule has 0 saturated carbocycles. The summed E-state index contributed by atoms with van der Waals surface area (Å²) in [5, 5.41) is 9.95. The molecule has 1 N–H and O–H groups in total. The number of rotatable bonds is 28. The van der Waals surface area contributed by atoms with Crippen LogP contribution in [-0.4, -0.2) is 48.8 Å². The molecule has 1 aromatic carbocycles. The molecule has 0 aliphatic rings. The van der Waals surface area contributed by atoms with Crippen LogP contribution in [0.3, 0.4) is 0 Å². The third-order valence-corrected chi connectivity index (χ3v) is 8.52. The van der Waals surface area contributed by atoms with Crippen LogP contribution in [-0.2, 0) is 14.2 Å². The van der Waals surface area contributed by atoms with Crippen LogP contribution in [0.5, 0.6) is 0 Å². The van der Waals surface area contributed by atoms with Crippen molar-refractivity contribution in [3.05, 3.63) is 34.4 Å². The largest absolute Gasteiger partial charge is 0.478 e. The summed E-state index contributed by atoms with van der Waals surface area (Å²) in [5.41, 5.74) is -1.10. The number of esters is 3. The van der Waals surface area contributed by atoms with Gasteiger partial charge < -0.3 is 19.3 Å². The van der Waals surface area contributed by atoms with Crippen LogP contribution in [0.25, 0.3) is 0 Å². The van der Waals surface area contributed by atoms with Crippen molar-refractivity contribution in [1.29, 1.82) is 0 Å². The monoisotopic (exact) mass is 674 g/mol. The highest BCUT2D eigenvalue weighted by Gasteiger charge is 2.28. The number of ether oxygens (including phenoxy) is 3. The lowest BCUT2D eigenvalue weighted by atomic mass is 9.98. The number of carboxylic acid groups (broad SMARTS) is 1. The predicted molar refractivity (Wildman–Crippen MR) is 192 cm³/mol. The first-order valence-corrected chi connectivity index (χ1v) is 18.9. The molecule has 1 aromatic rings. The Labute approximate surface area is 291 Å². The summed E-state index contributed by atoms with van der Waals surface area (Å²) in [5.74, 6) is -1.80. The summed E-state index contributed by atoms with van der Waals surface area (Å²) in [6.45, 7) is 13.7. The third-order valence-electron chi connectivity index (χ3n) is 8.52. The van der Waals surface area contributed by atoms with Crippen molar-refractivity contribution >= 4 is 23.9 Å². The Bertz CT molecular complexity index is 1080. The van der Waals surface area contributed by atoms with E-state index in [9.17, 15) is 24.3 Å². The molecule has 0 aliphatic carbocycles. The highest BCUT2D eigenvalue weighted by Crippen LogP contribution is 2.22. The minimum Gasteiger partial charge on any atom is -0.478 e. The molecular weight excluding hydrogens is 608 g/mol. The second-order valence-corrected chi connectivity index (χ2v) is 14.5. The van der Waals surface area contributed by atoms with E-state index in [-0.39, 0.29) is 36.5 Å². The van der Waals surface area contributed by atoms with Gasteiger partial charge in [0.25, 0.3) is 0 Å². The van der Waals surface area contributed by atoms with Gasteiger partial charge in [-0.25, -0.2) is 19.2 Å². The lowest BCUT2D eigenvalue weighted by molar-refractivity contribution is 0.0445. The van der Waals surface area contributed by atoms with Crippen LogP contribution in [0.15, 0.2) is 12.1 Å². The van der Waals surface area contributed by atoms with Gasteiger partial charge in [0.15, 0.2) is 0 Å². The van der Waals surface area contributed by atoms with Gasteiger partial charge in [-0.3, -0.25) is 0 Å². The Morgan fingerprint density at radius 1 is 0.438 bits per heavy atom. The van der Waals surface area contributed by atoms with Crippen LogP contribution in [0.4, 0.5) is 0 Å². The molecule has 0 fully saturated rings. The van der Waals surface area contributed by atoms with Crippen LogP contribution in [0, 0.1) is 17.8 Å². The number of benzene rings is 1. The summed E-state index contributed by atoms with van der Waals surface area (Å²) >= 11 is 0. The van der Waals surface area contributed by atoms with Crippen LogP contribution in [0.1, 0.15) is 199 Å². The molecule has 0 unspecified atom stereocenters. The molecule has 274 valence electrons. The number of carbonyl (C=O) groups excluding carboxylic acids is 3. The maximum absolute atomic E-state index is 13.3. The highest BCUT2D eigenvalue weighted by molar-refractivity contribution is 6.10. The Kier molecular flexibility index (Phi) is 23.4. The molecule has 0 radical (unpaired) electrons. The standard InChI is InChI=1S/C40H66O8/c1-30(2)22-16-10-7-13-19-25-46-38(43)34-29-36(40(45)48-27-21-15-9-12-18-24-32(5)6)35(28-33(34)37(41)42)39(44)47-26-20-14-8-11-17-23-31(3)4/h28-32H,7-27H2,1-6H3,(H,41,42). The van der Waals surface area contributed by atoms with Gasteiger partial charge in [0.1, 0.15) is 0 Å². The zero-order chi connectivity index (χ0) is 35.7. The lowest BCUT2D eigenvalue weighted by Gasteiger charge is -2.14. The van der Waals surface area contributed by atoms with E-state index in [0.29, 0.717) is 37.0 Å². The van der Waals surface area contributed by atoms with Crippen molar-refractivity contribution in [2.24, 2.45) is 17.8 Å². The first kappa shape index (κ1) is 43.1. The molecule has 0 aliphatic heterocycles. The molecule has 0 saturated heterocycles. The third kappa shape index (κ3) is 19.8. The normalized spacial score (nSPS) is 11.4. The Morgan fingerprint density at radius 3 is 0.979 bits per heavy atom. The second kappa shape index (κ2) is 26.0. The summed E-state index contributed by atoms with van der Waals surface area (Å²) < 4.78 is 16.4. The number of carboxylic acids is 1. The molecule has 8 heteroatoms. The SMILES string of the molecule is CC(C)CCCCCCCOC(=O)c1cc(C(=O)OCCCCCCCC(C)C)c(C(=O)OCCCCCCCC(C)C)cc1C(=O)O. The Balaban J connectivity index is 2.92. The molecular formula is C40H66O8. The average molecular weight is 675 g/mol. The van der Waals surface area contributed by atoms with E-state index in [1.54, 1.807) is 0 Å². The minimum absolute atomic E-state index is 0.139. The van der Waals surface area contributed by atoms with E-state index in [0.717, 1.165) is 69.9 Å². The van der Waals surface area contributed by atoms with E-state index in [1.807, 2.05) is 0 Å². The molecule has 0 atom stereocenters. The van der Waals surface area contributed by atoms with E-state index in [1.165, 1.54) is 38.5 Å². The average Bonchev–Trinajstić information content (AvgIpc) is 3.03. The van der Waals surface area contributed by atoms with Gasteiger partial charge in [0.2, 0.25) is 0 Å². The molecule has 8 nitrogen and oxygen atoms in total. The zero-order valence-electron chi connectivity index (χ0n) is 31.0. The molecule has 0 amide bonds. The van der Waals surface area contributed by atoms with Crippen LogP contribution >= 0.6 is 0 Å². The van der Waals surface area contributed by atoms with Gasteiger partial charge in [0, 0.05) is 0 Å². The Morgan fingerprint density at radius 2 is 0.688 bits per heavy atom. The maximum Gasteiger partial charge on any atom is 0.339 e. The fourth-order valence-corrected chi connectivity index (χ4v) is 5.57. The van der Waals surface area contributed by atoms with Crippen LogP contribution < -0.4 is 0 Å². The lowest BCUT2D eigenvalue weighted by Crippen LogP contribution is -2.20. The Hall–Kier alpha value is -2.90.